The summed E-state index contributed by atoms with van der Waals surface area (Å²) in [5, 5.41) is 3.32. The van der Waals surface area contributed by atoms with Crippen molar-refractivity contribution in [1.29, 1.82) is 0 Å². The Balaban J connectivity index is 2.39. The van der Waals surface area contributed by atoms with Crippen LogP contribution in [0.1, 0.15) is 19.5 Å². The molecule has 0 saturated carbocycles. The summed E-state index contributed by atoms with van der Waals surface area (Å²) < 4.78 is 1.11. The molecule has 1 aromatic heterocycles. The average Bonchev–Trinajstić information content (AvgIpc) is 2.31. The van der Waals surface area contributed by atoms with E-state index in [0.29, 0.717) is 6.04 Å². The Hall–Kier alpha value is -0.280. The van der Waals surface area contributed by atoms with E-state index < -0.39 is 0 Å². The molecule has 0 atom stereocenters. The average molecular weight is 217 g/mol. The Morgan fingerprint density at radius 1 is 1.64 bits per heavy atom. The van der Waals surface area contributed by atoms with Gasteiger partial charge in [-0.3, -0.25) is 0 Å². The van der Waals surface area contributed by atoms with E-state index in [-0.39, 0.29) is 0 Å². The number of hydrogen-bond donors (Lipinski definition) is 2. The van der Waals surface area contributed by atoms with Crippen LogP contribution >= 0.6 is 15.9 Å². The minimum Gasteiger partial charge on any atom is -0.363 e. The second-order valence-corrected chi connectivity index (χ2v) is 3.79. The lowest BCUT2D eigenvalue weighted by atomic mass is 10.3. The van der Waals surface area contributed by atoms with Crippen molar-refractivity contribution < 1.29 is 0 Å². The SMILES string of the molecule is CC(C)NCc1cc(Br)c[nH]1. The molecule has 2 N–H and O–H groups in total. The highest BCUT2D eigenvalue weighted by Crippen LogP contribution is 2.10. The van der Waals surface area contributed by atoms with Gasteiger partial charge in [-0.25, -0.2) is 0 Å². The summed E-state index contributed by atoms with van der Waals surface area (Å²) in [5.41, 5.74) is 1.21. The Morgan fingerprint density at radius 2 is 2.36 bits per heavy atom. The van der Waals surface area contributed by atoms with Gasteiger partial charge in [-0.15, -0.1) is 0 Å². The number of aromatic amines is 1. The lowest BCUT2D eigenvalue weighted by Crippen LogP contribution is -2.21. The van der Waals surface area contributed by atoms with Crippen LogP contribution in [-0.2, 0) is 6.54 Å². The fourth-order valence-corrected chi connectivity index (χ4v) is 1.22. The molecule has 0 radical (unpaired) electrons. The topological polar surface area (TPSA) is 27.8 Å². The number of nitrogens with one attached hydrogen (secondary N) is 2. The molecule has 1 heterocycles. The molecule has 0 aliphatic heterocycles. The largest absolute Gasteiger partial charge is 0.363 e. The molecule has 1 aromatic rings. The molecule has 3 heteroatoms. The van der Waals surface area contributed by atoms with Crippen LogP contribution in [-0.4, -0.2) is 11.0 Å². The van der Waals surface area contributed by atoms with Gasteiger partial charge in [0.05, 0.1) is 0 Å². The molecule has 0 unspecified atom stereocenters. The van der Waals surface area contributed by atoms with Gasteiger partial charge in [0.25, 0.3) is 0 Å². The van der Waals surface area contributed by atoms with Gasteiger partial charge in [0.1, 0.15) is 0 Å². The maximum Gasteiger partial charge on any atom is 0.0359 e. The van der Waals surface area contributed by atoms with Gasteiger partial charge in [0.15, 0.2) is 0 Å². The van der Waals surface area contributed by atoms with E-state index >= 15 is 0 Å². The number of hydrogen-bond acceptors (Lipinski definition) is 1. The summed E-state index contributed by atoms with van der Waals surface area (Å²) in [5.74, 6) is 0. The van der Waals surface area contributed by atoms with Crippen LogP contribution in [0.3, 0.4) is 0 Å². The first-order valence-electron chi connectivity index (χ1n) is 3.74. The normalized spacial score (nSPS) is 10.9. The molecule has 0 amide bonds. The van der Waals surface area contributed by atoms with Gasteiger partial charge in [0.2, 0.25) is 0 Å². The zero-order valence-electron chi connectivity index (χ0n) is 6.82. The third kappa shape index (κ3) is 3.08. The summed E-state index contributed by atoms with van der Waals surface area (Å²) in [7, 11) is 0. The van der Waals surface area contributed by atoms with Crippen molar-refractivity contribution >= 4 is 15.9 Å². The summed E-state index contributed by atoms with van der Waals surface area (Å²) in [6.07, 6.45) is 1.94. The molecule has 0 fully saturated rings. The van der Waals surface area contributed by atoms with E-state index in [4.69, 9.17) is 0 Å². The van der Waals surface area contributed by atoms with Gasteiger partial charge < -0.3 is 10.3 Å². The predicted octanol–water partition coefficient (Wildman–Crippen LogP) is 2.28. The van der Waals surface area contributed by atoms with Crippen LogP contribution in [0.15, 0.2) is 16.7 Å². The number of aromatic nitrogens is 1. The smallest absolute Gasteiger partial charge is 0.0359 e. The van der Waals surface area contributed by atoms with Crippen molar-refractivity contribution in [1.82, 2.24) is 10.3 Å². The second-order valence-electron chi connectivity index (χ2n) is 2.88. The van der Waals surface area contributed by atoms with E-state index in [0.717, 1.165) is 11.0 Å². The van der Waals surface area contributed by atoms with E-state index in [1.165, 1.54) is 5.69 Å². The van der Waals surface area contributed by atoms with Crippen molar-refractivity contribution in [2.75, 3.05) is 0 Å². The molecule has 11 heavy (non-hydrogen) atoms. The van der Waals surface area contributed by atoms with Gasteiger partial charge >= 0.3 is 0 Å². The molecule has 1 rings (SSSR count). The van der Waals surface area contributed by atoms with E-state index in [1.54, 1.807) is 0 Å². The predicted molar refractivity (Wildman–Crippen MR) is 50.5 cm³/mol. The van der Waals surface area contributed by atoms with Crippen molar-refractivity contribution in [2.24, 2.45) is 0 Å². The van der Waals surface area contributed by atoms with Crippen molar-refractivity contribution in [3.63, 3.8) is 0 Å². The zero-order chi connectivity index (χ0) is 8.27. The Labute approximate surface area is 75.5 Å². The van der Waals surface area contributed by atoms with E-state index in [1.807, 2.05) is 6.20 Å². The first-order valence-corrected chi connectivity index (χ1v) is 4.54. The molecule has 0 saturated heterocycles. The van der Waals surface area contributed by atoms with Crippen LogP contribution in [0.2, 0.25) is 0 Å². The molecular formula is C8H13BrN2. The number of H-pyrrole nitrogens is 1. The van der Waals surface area contributed by atoms with Crippen molar-refractivity contribution in [3.8, 4) is 0 Å². The minimum atomic E-state index is 0.539. The molecule has 0 aromatic carbocycles. The maximum atomic E-state index is 3.38. The lowest BCUT2D eigenvalue weighted by molar-refractivity contribution is 0.583. The fourth-order valence-electron chi connectivity index (χ4n) is 0.828. The molecule has 62 valence electrons. The van der Waals surface area contributed by atoms with Gasteiger partial charge in [-0.2, -0.15) is 0 Å². The number of halogens is 1. The molecule has 0 bridgehead atoms. The Bertz CT molecular complexity index is 218. The monoisotopic (exact) mass is 216 g/mol. The molecule has 0 spiro atoms. The Morgan fingerprint density at radius 3 is 2.82 bits per heavy atom. The van der Waals surface area contributed by atoms with Gasteiger partial charge in [0, 0.05) is 29.0 Å². The van der Waals surface area contributed by atoms with Crippen molar-refractivity contribution in [3.05, 3.63) is 22.4 Å². The van der Waals surface area contributed by atoms with Gasteiger partial charge in [-0.05, 0) is 22.0 Å². The highest BCUT2D eigenvalue weighted by molar-refractivity contribution is 9.10. The van der Waals surface area contributed by atoms with Crippen LogP contribution in [0.5, 0.6) is 0 Å². The second kappa shape index (κ2) is 3.93. The fraction of sp³-hybridized carbons (Fsp3) is 0.500. The molecule has 0 aliphatic rings. The summed E-state index contributed by atoms with van der Waals surface area (Å²) in [6, 6.07) is 2.62. The first kappa shape index (κ1) is 8.81. The highest BCUT2D eigenvalue weighted by atomic mass is 79.9. The minimum absolute atomic E-state index is 0.539. The molecule has 2 nitrogen and oxygen atoms in total. The van der Waals surface area contributed by atoms with Crippen molar-refractivity contribution in [2.45, 2.75) is 26.4 Å². The van der Waals surface area contributed by atoms with Gasteiger partial charge in [-0.1, -0.05) is 13.8 Å². The summed E-state index contributed by atoms with van der Waals surface area (Å²) >= 11 is 3.38. The van der Waals surface area contributed by atoms with Crippen LogP contribution in [0.4, 0.5) is 0 Å². The lowest BCUT2D eigenvalue weighted by Gasteiger charge is -2.05. The summed E-state index contributed by atoms with van der Waals surface area (Å²) in [6.45, 7) is 5.18. The van der Waals surface area contributed by atoms with Crippen LogP contribution in [0.25, 0.3) is 0 Å². The Kier molecular flexibility index (Phi) is 3.15. The van der Waals surface area contributed by atoms with Crippen LogP contribution < -0.4 is 5.32 Å². The standard InChI is InChI=1S/C8H13BrN2/c1-6(2)10-5-8-3-7(9)4-11-8/h3-4,6,10-11H,5H2,1-2H3. The third-order valence-electron chi connectivity index (χ3n) is 1.41. The number of rotatable bonds is 3. The third-order valence-corrected chi connectivity index (χ3v) is 1.87. The first-order chi connectivity index (χ1) is 5.18. The van der Waals surface area contributed by atoms with E-state index in [2.05, 4.69) is 46.1 Å². The quantitative estimate of drug-likeness (QED) is 0.798. The van der Waals surface area contributed by atoms with Crippen LogP contribution in [0, 0.1) is 0 Å². The zero-order valence-corrected chi connectivity index (χ0v) is 8.40. The maximum absolute atomic E-state index is 3.38. The summed E-state index contributed by atoms with van der Waals surface area (Å²) in [4.78, 5) is 3.15. The molecule has 0 aliphatic carbocycles. The molecular weight excluding hydrogens is 204 g/mol. The van der Waals surface area contributed by atoms with E-state index in [9.17, 15) is 0 Å². The highest BCUT2D eigenvalue weighted by Gasteiger charge is 1.96.